The van der Waals surface area contributed by atoms with Crippen molar-refractivity contribution < 1.29 is 19.2 Å². The fraction of sp³-hybridized carbons (Fsp3) is 0.444. The Kier molecular flexibility index (Phi) is 4.08. The monoisotopic (exact) mass is 356 g/mol. The Balaban J connectivity index is 1.58. The van der Waals surface area contributed by atoms with Crippen molar-refractivity contribution in [3.63, 3.8) is 0 Å². The number of carbonyl (C=O) groups is 4. The van der Waals surface area contributed by atoms with Crippen LogP contribution < -0.4 is 16.4 Å². The number of hydrogen-bond acceptors (Lipinski definition) is 6. The predicted octanol–water partition coefficient (Wildman–Crippen LogP) is -0.333. The maximum atomic E-state index is 12.9. The maximum absolute atomic E-state index is 12.9. The van der Waals surface area contributed by atoms with Gasteiger partial charge in [-0.05, 0) is 30.9 Å². The van der Waals surface area contributed by atoms with Gasteiger partial charge < -0.3 is 11.1 Å². The van der Waals surface area contributed by atoms with Crippen molar-refractivity contribution in [1.82, 2.24) is 15.5 Å². The summed E-state index contributed by atoms with van der Waals surface area (Å²) < 4.78 is 0. The number of nitrogens with zero attached hydrogens (tertiary/aromatic N) is 1. The Labute approximate surface area is 150 Å². The van der Waals surface area contributed by atoms with Gasteiger partial charge in [0.2, 0.25) is 11.8 Å². The molecule has 0 bridgehead atoms. The number of nitrogens with one attached hydrogen (secondary N) is 2. The van der Waals surface area contributed by atoms with Crippen LogP contribution in [-0.2, 0) is 16.1 Å². The number of nitrogens with two attached hydrogens (primary N) is 1. The summed E-state index contributed by atoms with van der Waals surface area (Å²) in [7, 11) is 0. The number of imide groups is 2. The summed E-state index contributed by atoms with van der Waals surface area (Å²) in [6, 6.07) is 4.51. The van der Waals surface area contributed by atoms with E-state index in [4.69, 9.17) is 5.73 Å². The lowest BCUT2D eigenvalue weighted by atomic mass is 9.87. The topological polar surface area (TPSA) is 122 Å². The van der Waals surface area contributed by atoms with Crippen molar-refractivity contribution in [2.75, 3.05) is 0 Å². The predicted molar refractivity (Wildman–Crippen MR) is 91.0 cm³/mol. The van der Waals surface area contributed by atoms with E-state index in [0.717, 1.165) is 23.3 Å². The van der Waals surface area contributed by atoms with Crippen LogP contribution in [0.5, 0.6) is 0 Å². The van der Waals surface area contributed by atoms with Gasteiger partial charge in [-0.25, -0.2) is 0 Å². The third-order valence-corrected chi connectivity index (χ3v) is 5.44. The summed E-state index contributed by atoms with van der Waals surface area (Å²) in [5, 5.41) is 5.53. The lowest BCUT2D eigenvalue weighted by Crippen LogP contribution is -2.54. The summed E-state index contributed by atoms with van der Waals surface area (Å²) in [6.45, 7) is 0.434. The highest BCUT2D eigenvalue weighted by Gasteiger charge is 2.45. The molecule has 1 unspecified atom stereocenters. The largest absolute Gasteiger partial charge is 0.326 e. The fourth-order valence-corrected chi connectivity index (χ4v) is 3.75. The lowest BCUT2D eigenvalue weighted by molar-refractivity contribution is -0.136. The van der Waals surface area contributed by atoms with Crippen molar-refractivity contribution in [2.45, 2.75) is 50.4 Å². The second kappa shape index (κ2) is 6.30. The van der Waals surface area contributed by atoms with Crippen molar-refractivity contribution in [3.05, 3.63) is 34.9 Å². The molecule has 1 saturated carbocycles. The number of benzene rings is 1. The van der Waals surface area contributed by atoms with Gasteiger partial charge in [-0.2, -0.15) is 0 Å². The molecule has 8 heteroatoms. The molecular formula is C18H20N4O4. The van der Waals surface area contributed by atoms with E-state index in [1.807, 2.05) is 0 Å². The Morgan fingerprint density at radius 1 is 1.12 bits per heavy atom. The molecule has 1 aromatic carbocycles. The van der Waals surface area contributed by atoms with Gasteiger partial charge in [0.1, 0.15) is 6.04 Å². The first-order chi connectivity index (χ1) is 12.5. The SMILES string of the molecule is N[C@@H]1CC[C@@H]1NCc1cccc2c1C(=O)N(C1CCC(=O)NC1=O)C2=O. The van der Waals surface area contributed by atoms with Crippen LogP contribution in [-0.4, -0.2) is 46.7 Å². The first-order valence-electron chi connectivity index (χ1n) is 8.80. The Morgan fingerprint density at radius 3 is 2.58 bits per heavy atom. The van der Waals surface area contributed by atoms with E-state index in [1.165, 1.54) is 0 Å². The van der Waals surface area contributed by atoms with Crippen molar-refractivity contribution in [1.29, 1.82) is 0 Å². The minimum Gasteiger partial charge on any atom is -0.326 e. The molecule has 2 fully saturated rings. The van der Waals surface area contributed by atoms with Gasteiger partial charge in [0.15, 0.2) is 0 Å². The van der Waals surface area contributed by atoms with Gasteiger partial charge >= 0.3 is 0 Å². The molecule has 0 spiro atoms. The zero-order chi connectivity index (χ0) is 18.4. The number of piperidine rings is 1. The molecule has 0 aromatic heterocycles. The van der Waals surface area contributed by atoms with Gasteiger partial charge in [0, 0.05) is 25.0 Å². The highest BCUT2D eigenvalue weighted by Crippen LogP contribution is 2.30. The zero-order valence-electron chi connectivity index (χ0n) is 14.2. The van der Waals surface area contributed by atoms with Crippen LogP contribution in [0.25, 0.3) is 0 Å². The summed E-state index contributed by atoms with van der Waals surface area (Å²) >= 11 is 0. The Morgan fingerprint density at radius 2 is 1.92 bits per heavy atom. The molecule has 2 aliphatic heterocycles. The van der Waals surface area contributed by atoms with Crippen LogP contribution in [0.4, 0.5) is 0 Å². The van der Waals surface area contributed by atoms with E-state index in [-0.39, 0.29) is 30.8 Å². The number of rotatable bonds is 4. The van der Waals surface area contributed by atoms with E-state index in [1.54, 1.807) is 18.2 Å². The second-order valence-electron chi connectivity index (χ2n) is 7.02. The van der Waals surface area contributed by atoms with Crippen LogP contribution >= 0.6 is 0 Å². The van der Waals surface area contributed by atoms with E-state index >= 15 is 0 Å². The van der Waals surface area contributed by atoms with Crippen LogP contribution in [0, 0.1) is 0 Å². The molecule has 3 aliphatic rings. The quantitative estimate of drug-likeness (QED) is 0.635. The number of carbonyl (C=O) groups excluding carboxylic acids is 4. The van der Waals surface area contributed by atoms with Gasteiger partial charge in [0.25, 0.3) is 11.8 Å². The average Bonchev–Trinajstić information content (AvgIpc) is 2.86. The Bertz CT molecular complexity index is 821. The first-order valence-corrected chi connectivity index (χ1v) is 8.80. The summed E-state index contributed by atoms with van der Waals surface area (Å²) in [5.74, 6) is -1.95. The standard InChI is InChI=1S/C18H20N4O4/c19-11-4-5-12(11)20-8-9-2-1-3-10-15(9)18(26)22(17(10)25)13-6-7-14(23)21-16(13)24/h1-3,11-13,20H,4-8,19H2,(H,21,23,24)/t11-,12+,13?/m1/s1. The van der Waals surface area contributed by atoms with Crippen LogP contribution in [0.15, 0.2) is 18.2 Å². The second-order valence-corrected chi connectivity index (χ2v) is 7.02. The lowest BCUT2D eigenvalue weighted by Gasteiger charge is -2.34. The van der Waals surface area contributed by atoms with E-state index < -0.39 is 23.8 Å². The molecule has 2 heterocycles. The number of hydrogen-bond donors (Lipinski definition) is 3. The minimum atomic E-state index is -0.944. The first kappa shape index (κ1) is 16.9. The van der Waals surface area contributed by atoms with Crippen LogP contribution in [0.1, 0.15) is 52.0 Å². The van der Waals surface area contributed by atoms with Crippen LogP contribution in [0.2, 0.25) is 0 Å². The van der Waals surface area contributed by atoms with E-state index in [2.05, 4.69) is 10.6 Å². The molecule has 8 nitrogen and oxygen atoms in total. The molecule has 136 valence electrons. The Hall–Kier alpha value is -2.58. The summed E-state index contributed by atoms with van der Waals surface area (Å²) in [4.78, 5) is 50.1. The van der Waals surface area contributed by atoms with Gasteiger partial charge in [-0.3, -0.25) is 29.4 Å². The van der Waals surface area contributed by atoms with Crippen molar-refractivity contribution in [3.8, 4) is 0 Å². The van der Waals surface area contributed by atoms with Gasteiger partial charge in [-0.15, -0.1) is 0 Å². The van der Waals surface area contributed by atoms with Gasteiger partial charge in [0.05, 0.1) is 11.1 Å². The zero-order valence-corrected chi connectivity index (χ0v) is 14.2. The van der Waals surface area contributed by atoms with Crippen molar-refractivity contribution in [2.24, 2.45) is 5.73 Å². The molecule has 0 radical (unpaired) electrons. The third-order valence-electron chi connectivity index (χ3n) is 5.44. The highest BCUT2D eigenvalue weighted by molar-refractivity contribution is 6.24. The van der Waals surface area contributed by atoms with Gasteiger partial charge in [-0.1, -0.05) is 12.1 Å². The minimum absolute atomic E-state index is 0.109. The third kappa shape index (κ3) is 2.62. The van der Waals surface area contributed by atoms with Crippen LogP contribution in [0.3, 0.4) is 0 Å². The number of fused-ring (bicyclic) bond motifs is 1. The highest BCUT2D eigenvalue weighted by atomic mass is 16.2. The average molecular weight is 356 g/mol. The smallest absolute Gasteiger partial charge is 0.262 e. The van der Waals surface area contributed by atoms with E-state index in [9.17, 15) is 19.2 Å². The molecule has 4 rings (SSSR count). The summed E-state index contributed by atoms with van der Waals surface area (Å²) in [6.07, 6.45) is 2.23. The molecular weight excluding hydrogens is 336 g/mol. The molecule has 1 aliphatic carbocycles. The normalized spacial score (nSPS) is 28.0. The fourth-order valence-electron chi connectivity index (χ4n) is 3.75. The number of amides is 4. The summed E-state index contributed by atoms with van der Waals surface area (Å²) in [5.41, 5.74) is 7.29. The molecule has 1 aromatic rings. The van der Waals surface area contributed by atoms with E-state index in [0.29, 0.717) is 17.7 Å². The maximum Gasteiger partial charge on any atom is 0.262 e. The molecule has 3 atom stereocenters. The molecule has 1 saturated heterocycles. The molecule has 4 N–H and O–H groups in total. The van der Waals surface area contributed by atoms with Crippen molar-refractivity contribution >= 4 is 23.6 Å². The molecule has 26 heavy (non-hydrogen) atoms. The molecule has 4 amide bonds.